The average Bonchev–Trinajstić information content (AvgIpc) is 2.32. The molecule has 0 atom stereocenters. The Balaban J connectivity index is 0.00000106. The molecular formula is C12H20N2O2. The number of carbonyl (C=O) groups is 1. The van der Waals surface area contributed by atoms with Crippen LogP contribution in [0, 0.1) is 5.92 Å². The third-order valence-corrected chi connectivity index (χ3v) is 1.93. The maximum absolute atomic E-state index is 11.3. The molecule has 0 aromatic heterocycles. The second-order valence-corrected chi connectivity index (χ2v) is 3.50. The molecule has 1 aromatic carbocycles. The molecule has 0 aliphatic heterocycles. The van der Waals surface area contributed by atoms with Crippen LogP contribution in [0.25, 0.3) is 0 Å². The Hall–Kier alpha value is -1.39. The summed E-state index contributed by atoms with van der Waals surface area (Å²) in [5, 5.41) is 11.6. The molecular weight excluding hydrogens is 204 g/mol. The van der Waals surface area contributed by atoms with E-state index >= 15 is 0 Å². The predicted octanol–water partition coefficient (Wildman–Crippen LogP) is 1.35. The number of aliphatic hydroxyl groups is 1. The Kier molecular flexibility index (Phi) is 7.16. The summed E-state index contributed by atoms with van der Waals surface area (Å²) in [4.78, 5) is 11.3. The van der Waals surface area contributed by atoms with E-state index in [0.717, 1.165) is 11.3 Å². The molecule has 0 heterocycles. The fourth-order valence-corrected chi connectivity index (χ4v) is 0.980. The van der Waals surface area contributed by atoms with Gasteiger partial charge in [0.25, 0.3) is 0 Å². The number of nitrogens with one attached hydrogen (secondary N) is 1. The maximum atomic E-state index is 11.3. The highest BCUT2D eigenvalue weighted by atomic mass is 16.3. The van der Waals surface area contributed by atoms with Gasteiger partial charge in [-0.25, -0.2) is 0 Å². The summed E-state index contributed by atoms with van der Waals surface area (Å²) in [6.07, 6.45) is 0. The number of benzene rings is 1. The van der Waals surface area contributed by atoms with Crippen LogP contribution in [0.3, 0.4) is 0 Å². The van der Waals surface area contributed by atoms with Crippen LogP contribution < -0.4 is 11.1 Å². The average molecular weight is 224 g/mol. The van der Waals surface area contributed by atoms with Crippen molar-refractivity contribution < 1.29 is 9.90 Å². The Morgan fingerprint density at radius 3 is 2.19 bits per heavy atom. The van der Waals surface area contributed by atoms with E-state index in [9.17, 15) is 4.79 Å². The smallest absolute Gasteiger partial charge is 0.226 e. The Bertz CT molecular complexity index is 307. The first-order valence-electron chi connectivity index (χ1n) is 5.22. The number of nitrogens with two attached hydrogens (primary N) is 1. The highest BCUT2D eigenvalue weighted by molar-refractivity contribution is 5.91. The fourth-order valence-electron chi connectivity index (χ4n) is 0.980. The molecule has 0 saturated carbocycles. The van der Waals surface area contributed by atoms with E-state index in [-0.39, 0.29) is 18.4 Å². The van der Waals surface area contributed by atoms with Crippen LogP contribution >= 0.6 is 0 Å². The van der Waals surface area contributed by atoms with Crippen molar-refractivity contribution in [2.24, 2.45) is 11.7 Å². The molecule has 0 saturated heterocycles. The normalized spacial score (nSPS) is 9.38. The van der Waals surface area contributed by atoms with Gasteiger partial charge in [0.15, 0.2) is 0 Å². The van der Waals surface area contributed by atoms with E-state index in [1.165, 1.54) is 7.05 Å². The second-order valence-electron chi connectivity index (χ2n) is 3.50. The molecule has 0 fully saturated rings. The maximum Gasteiger partial charge on any atom is 0.226 e. The van der Waals surface area contributed by atoms with E-state index < -0.39 is 0 Å². The molecule has 1 rings (SSSR count). The topological polar surface area (TPSA) is 75.3 Å². The van der Waals surface area contributed by atoms with Gasteiger partial charge in [-0.05, 0) is 24.7 Å². The summed E-state index contributed by atoms with van der Waals surface area (Å²) >= 11 is 0. The van der Waals surface area contributed by atoms with E-state index in [2.05, 4.69) is 11.1 Å². The van der Waals surface area contributed by atoms with Gasteiger partial charge in [-0.15, -0.1) is 0 Å². The van der Waals surface area contributed by atoms with Crippen molar-refractivity contribution in [3.05, 3.63) is 29.8 Å². The van der Waals surface area contributed by atoms with E-state index in [1.807, 2.05) is 13.8 Å². The van der Waals surface area contributed by atoms with Gasteiger partial charge in [0.1, 0.15) is 0 Å². The SMILES string of the molecule is CC(C)C(=O)Nc1ccc(CO)cc1.CN. The monoisotopic (exact) mass is 224 g/mol. The van der Waals surface area contributed by atoms with Crippen LogP contribution in [0.1, 0.15) is 19.4 Å². The molecule has 0 unspecified atom stereocenters. The molecule has 0 radical (unpaired) electrons. The number of aliphatic hydroxyl groups excluding tert-OH is 1. The van der Waals surface area contributed by atoms with Gasteiger partial charge < -0.3 is 16.2 Å². The zero-order valence-electron chi connectivity index (χ0n) is 10.0. The van der Waals surface area contributed by atoms with Gasteiger partial charge >= 0.3 is 0 Å². The first kappa shape index (κ1) is 14.6. The number of carbonyl (C=O) groups excluding carboxylic acids is 1. The molecule has 0 bridgehead atoms. The summed E-state index contributed by atoms with van der Waals surface area (Å²) in [5.74, 6) is -0.0192. The molecule has 0 aliphatic carbocycles. The van der Waals surface area contributed by atoms with Gasteiger partial charge in [-0.1, -0.05) is 26.0 Å². The molecule has 4 N–H and O–H groups in total. The fraction of sp³-hybridized carbons (Fsp3) is 0.417. The highest BCUT2D eigenvalue weighted by Crippen LogP contribution is 2.10. The molecule has 16 heavy (non-hydrogen) atoms. The van der Waals surface area contributed by atoms with Crippen molar-refractivity contribution in [1.29, 1.82) is 0 Å². The van der Waals surface area contributed by atoms with Crippen LogP contribution in [-0.2, 0) is 11.4 Å². The minimum Gasteiger partial charge on any atom is -0.392 e. The van der Waals surface area contributed by atoms with Crippen LogP contribution in [-0.4, -0.2) is 18.1 Å². The summed E-state index contributed by atoms with van der Waals surface area (Å²) in [6, 6.07) is 7.14. The van der Waals surface area contributed by atoms with Crippen LogP contribution in [0.15, 0.2) is 24.3 Å². The van der Waals surface area contributed by atoms with E-state index in [1.54, 1.807) is 24.3 Å². The van der Waals surface area contributed by atoms with Crippen LogP contribution in [0.4, 0.5) is 5.69 Å². The third-order valence-electron chi connectivity index (χ3n) is 1.93. The lowest BCUT2D eigenvalue weighted by molar-refractivity contribution is -0.118. The number of hydrogen-bond acceptors (Lipinski definition) is 3. The van der Waals surface area contributed by atoms with Gasteiger partial charge in [-0.3, -0.25) is 4.79 Å². The summed E-state index contributed by atoms with van der Waals surface area (Å²) in [5.41, 5.74) is 6.11. The lowest BCUT2D eigenvalue weighted by atomic mass is 10.2. The first-order valence-corrected chi connectivity index (χ1v) is 5.22. The molecule has 4 heteroatoms. The lowest BCUT2D eigenvalue weighted by Gasteiger charge is -2.07. The molecule has 0 spiro atoms. The minimum atomic E-state index is -0.0208. The largest absolute Gasteiger partial charge is 0.392 e. The van der Waals surface area contributed by atoms with Gasteiger partial charge in [0.2, 0.25) is 5.91 Å². The third kappa shape index (κ3) is 4.91. The summed E-state index contributed by atoms with van der Waals surface area (Å²) in [6.45, 7) is 3.72. The molecule has 0 aliphatic rings. The Morgan fingerprint density at radius 1 is 1.31 bits per heavy atom. The standard InChI is InChI=1S/C11H15NO2.CH5N/c1-8(2)11(14)12-10-5-3-9(7-13)4-6-10;1-2/h3-6,8,13H,7H2,1-2H3,(H,12,14);2H2,1H3. The Labute approximate surface area is 96.5 Å². The number of amides is 1. The summed E-state index contributed by atoms with van der Waals surface area (Å²) < 4.78 is 0. The molecule has 4 nitrogen and oxygen atoms in total. The van der Waals surface area contributed by atoms with Crippen molar-refractivity contribution in [2.75, 3.05) is 12.4 Å². The van der Waals surface area contributed by atoms with E-state index in [4.69, 9.17) is 5.11 Å². The van der Waals surface area contributed by atoms with Gasteiger partial charge in [0.05, 0.1) is 6.61 Å². The van der Waals surface area contributed by atoms with Crippen molar-refractivity contribution in [2.45, 2.75) is 20.5 Å². The number of hydrogen-bond donors (Lipinski definition) is 3. The Morgan fingerprint density at radius 2 is 1.81 bits per heavy atom. The number of rotatable bonds is 3. The zero-order chi connectivity index (χ0) is 12.6. The predicted molar refractivity (Wildman–Crippen MR) is 65.9 cm³/mol. The van der Waals surface area contributed by atoms with E-state index in [0.29, 0.717) is 0 Å². The quantitative estimate of drug-likeness (QED) is 0.725. The molecule has 1 amide bonds. The summed E-state index contributed by atoms with van der Waals surface area (Å²) in [7, 11) is 1.50. The van der Waals surface area contributed by atoms with Crippen molar-refractivity contribution >= 4 is 11.6 Å². The van der Waals surface area contributed by atoms with Crippen molar-refractivity contribution in [3.8, 4) is 0 Å². The van der Waals surface area contributed by atoms with Gasteiger partial charge in [0, 0.05) is 11.6 Å². The highest BCUT2D eigenvalue weighted by Gasteiger charge is 2.06. The first-order chi connectivity index (χ1) is 7.63. The lowest BCUT2D eigenvalue weighted by Crippen LogP contribution is -2.17. The van der Waals surface area contributed by atoms with Gasteiger partial charge in [-0.2, -0.15) is 0 Å². The van der Waals surface area contributed by atoms with Crippen molar-refractivity contribution in [3.63, 3.8) is 0 Å². The number of anilines is 1. The second kappa shape index (κ2) is 7.84. The van der Waals surface area contributed by atoms with Crippen LogP contribution in [0.5, 0.6) is 0 Å². The molecule has 90 valence electrons. The molecule has 1 aromatic rings. The minimum absolute atomic E-state index is 0.00162. The van der Waals surface area contributed by atoms with Crippen molar-refractivity contribution in [1.82, 2.24) is 0 Å². The zero-order valence-corrected chi connectivity index (χ0v) is 10.0. The van der Waals surface area contributed by atoms with Crippen LogP contribution in [0.2, 0.25) is 0 Å².